The average Bonchev–Trinajstić information content (AvgIpc) is 2.36. The Bertz CT molecular complexity index is 538. The lowest BCUT2D eigenvalue weighted by atomic mass is 10.1. The molecule has 2 rings (SSSR count). The molecule has 0 amide bonds. The van der Waals surface area contributed by atoms with Gasteiger partial charge in [-0.3, -0.25) is 0 Å². The fourth-order valence-corrected chi connectivity index (χ4v) is 1.86. The summed E-state index contributed by atoms with van der Waals surface area (Å²) < 4.78 is 5.67. The number of benzene rings is 2. The van der Waals surface area contributed by atoms with Gasteiger partial charge in [0.2, 0.25) is 0 Å². The molecular weight excluding hydrogens is 269 g/mol. The van der Waals surface area contributed by atoms with E-state index >= 15 is 0 Å². The summed E-state index contributed by atoms with van der Waals surface area (Å²) in [6.07, 6.45) is 0. The first-order chi connectivity index (χ1) is 8.58. The Labute approximate surface area is 116 Å². The van der Waals surface area contributed by atoms with Gasteiger partial charge in [0.25, 0.3) is 0 Å². The highest BCUT2D eigenvalue weighted by Gasteiger charge is 2.07. The predicted molar refractivity (Wildman–Crippen MR) is 75.6 cm³/mol. The molecule has 0 bridgehead atoms. The van der Waals surface area contributed by atoms with Gasteiger partial charge in [-0.25, -0.2) is 0 Å². The maximum absolute atomic E-state index is 6.05. The maximum atomic E-state index is 6.05. The molecule has 0 aliphatic carbocycles. The Hall–Kier alpha value is -1.22. The zero-order chi connectivity index (χ0) is 13.1. The van der Waals surface area contributed by atoms with Crippen molar-refractivity contribution in [2.75, 3.05) is 0 Å². The summed E-state index contributed by atoms with van der Waals surface area (Å²) in [5.74, 6) is 1.24. The standard InChI is InChI=1S/C14H13Cl2NO/c1-9(17)10-5-7-11(8-6-10)18-13-4-2-3-12(15)14(13)16/h2-9H,17H2,1H3/t9-/m1/s1. The smallest absolute Gasteiger partial charge is 0.147 e. The van der Waals surface area contributed by atoms with Gasteiger partial charge < -0.3 is 10.5 Å². The van der Waals surface area contributed by atoms with E-state index in [-0.39, 0.29) is 6.04 Å². The van der Waals surface area contributed by atoms with Crippen molar-refractivity contribution in [3.8, 4) is 11.5 Å². The highest BCUT2D eigenvalue weighted by molar-refractivity contribution is 6.42. The number of ether oxygens (including phenoxy) is 1. The van der Waals surface area contributed by atoms with Crippen LogP contribution in [0.1, 0.15) is 18.5 Å². The minimum Gasteiger partial charge on any atom is -0.456 e. The van der Waals surface area contributed by atoms with Crippen LogP contribution in [0, 0.1) is 0 Å². The molecule has 0 heterocycles. The van der Waals surface area contributed by atoms with Crippen LogP contribution in [-0.4, -0.2) is 0 Å². The van der Waals surface area contributed by atoms with Crippen LogP contribution in [0.2, 0.25) is 10.0 Å². The van der Waals surface area contributed by atoms with Crippen molar-refractivity contribution in [3.63, 3.8) is 0 Å². The van der Waals surface area contributed by atoms with E-state index in [0.29, 0.717) is 21.5 Å². The van der Waals surface area contributed by atoms with Gasteiger partial charge in [-0.05, 0) is 36.8 Å². The maximum Gasteiger partial charge on any atom is 0.147 e. The summed E-state index contributed by atoms with van der Waals surface area (Å²) in [6, 6.07) is 12.9. The number of hydrogen-bond donors (Lipinski definition) is 1. The van der Waals surface area contributed by atoms with Crippen molar-refractivity contribution in [2.24, 2.45) is 5.73 Å². The van der Waals surface area contributed by atoms with Crippen molar-refractivity contribution >= 4 is 23.2 Å². The molecule has 0 saturated heterocycles. The first-order valence-electron chi connectivity index (χ1n) is 5.55. The molecule has 2 aromatic carbocycles. The summed E-state index contributed by atoms with van der Waals surface area (Å²) in [4.78, 5) is 0. The molecule has 0 aromatic heterocycles. The summed E-state index contributed by atoms with van der Waals surface area (Å²) in [5.41, 5.74) is 6.84. The van der Waals surface area contributed by atoms with E-state index in [1.807, 2.05) is 31.2 Å². The first kappa shape index (κ1) is 13.2. The molecule has 18 heavy (non-hydrogen) atoms. The summed E-state index contributed by atoms with van der Waals surface area (Å²) in [7, 11) is 0. The van der Waals surface area contributed by atoms with Gasteiger partial charge in [0, 0.05) is 6.04 Å². The first-order valence-corrected chi connectivity index (χ1v) is 6.31. The number of hydrogen-bond acceptors (Lipinski definition) is 2. The van der Waals surface area contributed by atoms with Crippen molar-refractivity contribution in [2.45, 2.75) is 13.0 Å². The lowest BCUT2D eigenvalue weighted by Gasteiger charge is -2.10. The average molecular weight is 282 g/mol. The highest BCUT2D eigenvalue weighted by Crippen LogP contribution is 2.34. The monoisotopic (exact) mass is 281 g/mol. The topological polar surface area (TPSA) is 35.2 Å². The van der Waals surface area contributed by atoms with Crippen molar-refractivity contribution in [1.29, 1.82) is 0 Å². The van der Waals surface area contributed by atoms with Crippen LogP contribution in [0.15, 0.2) is 42.5 Å². The Balaban J connectivity index is 2.21. The van der Waals surface area contributed by atoms with E-state index in [1.54, 1.807) is 18.2 Å². The molecule has 0 radical (unpaired) electrons. The van der Waals surface area contributed by atoms with E-state index in [4.69, 9.17) is 33.7 Å². The van der Waals surface area contributed by atoms with E-state index in [1.165, 1.54) is 0 Å². The van der Waals surface area contributed by atoms with Crippen molar-refractivity contribution < 1.29 is 4.74 Å². The van der Waals surface area contributed by atoms with Crippen LogP contribution in [0.25, 0.3) is 0 Å². The van der Waals surface area contributed by atoms with E-state index in [9.17, 15) is 0 Å². The molecule has 1 atom stereocenters. The van der Waals surface area contributed by atoms with Crippen LogP contribution in [0.3, 0.4) is 0 Å². The Kier molecular flexibility index (Phi) is 4.12. The van der Waals surface area contributed by atoms with Gasteiger partial charge in [0.05, 0.1) is 5.02 Å². The third kappa shape index (κ3) is 2.96. The quantitative estimate of drug-likeness (QED) is 0.877. The second kappa shape index (κ2) is 5.61. The summed E-state index contributed by atoms with van der Waals surface area (Å²) in [6.45, 7) is 1.93. The van der Waals surface area contributed by atoms with Gasteiger partial charge in [0.15, 0.2) is 0 Å². The Morgan fingerprint density at radius 3 is 2.33 bits per heavy atom. The third-order valence-electron chi connectivity index (χ3n) is 2.55. The molecule has 0 aliphatic heterocycles. The fourth-order valence-electron chi connectivity index (χ4n) is 1.53. The van der Waals surface area contributed by atoms with Gasteiger partial charge in [0.1, 0.15) is 16.5 Å². The molecule has 0 spiro atoms. The third-order valence-corrected chi connectivity index (χ3v) is 3.35. The van der Waals surface area contributed by atoms with Gasteiger partial charge in [-0.2, -0.15) is 0 Å². The minimum atomic E-state index is 0.00816. The van der Waals surface area contributed by atoms with Crippen molar-refractivity contribution in [1.82, 2.24) is 0 Å². The van der Waals surface area contributed by atoms with Crippen LogP contribution in [0.5, 0.6) is 11.5 Å². The number of nitrogens with two attached hydrogens (primary N) is 1. The molecular formula is C14H13Cl2NO. The number of rotatable bonds is 3. The van der Waals surface area contributed by atoms with Gasteiger partial charge in [-0.1, -0.05) is 41.4 Å². The molecule has 0 aliphatic rings. The Morgan fingerprint density at radius 1 is 1.06 bits per heavy atom. The SMILES string of the molecule is C[C@@H](N)c1ccc(Oc2cccc(Cl)c2Cl)cc1. The molecule has 94 valence electrons. The molecule has 0 saturated carbocycles. The zero-order valence-electron chi connectivity index (χ0n) is 9.86. The van der Waals surface area contributed by atoms with Crippen LogP contribution >= 0.6 is 23.2 Å². The highest BCUT2D eigenvalue weighted by atomic mass is 35.5. The van der Waals surface area contributed by atoms with E-state index < -0.39 is 0 Å². The fraction of sp³-hybridized carbons (Fsp3) is 0.143. The molecule has 0 fully saturated rings. The normalized spacial score (nSPS) is 12.2. The van der Waals surface area contributed by atoms with Crippen molar-refractivity contribution in [3.05, 3.63) is 58.1 Å². The molecule has 2 nitrogen and oxygen atoms in total. The second-order valence-corrected chi connectivity index (χ2v) is 4.80. The summed E-state index contributed by atoms with van der Waals surface area (Å²) in [5, 5.41) is 0.886. The van der Waals surface area contributed by atoms with Crippen LogP contribution in [0.4, 0.5) is 0 Å². The second-order valence-electron chi connectivity index (χ2n) is 4.01. The van der Waals surface area contributed by atoms with Gasteiger partial charge >= 0.3 is 0 Å². The summed E-state index contributed by atoms with van der Waals surface area (Å²) >= 11 is 12.0. The Morgan fingerprint density at radius 2 is 1.72 bits per heavy atom. The van der Waals surface area contributed by atoms with Gasteiger partial charge in [-0.15, -0.1) is 0 Å². The zero-order valence-corrected chi connectivity index (χ0v) is 11.4. The molecule has 4 heteroatoms. The lowest BCUT2D eigenvalue weighted by molar-refractivity contribution is 0.482. The van der Waals surface area contributed by atoms with E-state index in [2.05, 4.69) is 0 Å². The predicted octanol–water partition coefficient (Wildman–Crippen LogP) is 4.81. The largest absolute Gasteiger partial charge is 0.456 e. The minimum absolute atomic E-state index is 0.00816. The molecule has 0 unspecified atom stereocenters. The lowest BCUT2D eigenvalue weighted by Crippen LogP contribution is -2.04. The molecule has 2 N–H and O–H groups in total. The number of halogens is 2. The molecule has 2 aromatic rings. The van der Waals surface area contributed by atoms with Crippen LogP contribution < -0.4 is 10.5 Å². The van der Waals surface area contributed by atoms with Crippen LogP contribution in [-0.2, 0) is 0 Å². The van der Waals surface area contributed by atoms with E-state index in [0.717, 1.165) is 5.56 Å².